The predicted molar refractivity (Wildman–Crippen MR) is 81.5 cm³/mol. The van der Waals surface area contributed by atoms with Crippen LogP contribution in [-0.4, -0.2) is 67.4 Å². The van der Waals surface area contributed by atoms with Crippen molar-refractivity contribution in [2.24, 2.45) is 0 Å². The second-order valence-corrected chi connectivity index (χ2v) is 5.83. The minimum Gasteiger partial charge on any atom is -0.348 e. The predicted octanol–water partition coefficient (Wildman–Crippen LogP) is 1.59. The van der Waals surface area contributed by atoms with E-state index in [1.165, 1.54) is 6.07 Å². The van der Waals surface area contributed by atoms with E-state index in [-0.39, 0.29) is 17.8 Å². The maximum absolute atomic E-state index is 13.3. The highest BCUT2D eigenvalue weighted by Gasteiger charge is 2.23. The first-order chi connectivity index (χ1) is 9.97. The van der Waals surface area contributed by atoms with Crippen molar-refractivity contribution in [1.29, 1.82) is 0 Å². The van der Waals surface area contributed by atoms with Gasteiger partial charge in [-0.15, -0.1) is 0 Å². The van der Waals surface area contributed by atoms with Crippen molar-refractivity contribution in [2.75, 3.05) is 46.8 Å². The number of rotatable bonds is 4. The number of hydrogen-bond acceptors (Lipinski definition) is 3. The fourth-order valence-electron chi connectivity index (χ4n) is 2.62. The van der Waals surface area contributed by atoms with Gasteiger partial charge in [0.15, 0.2) is 0 Å². The molecule has 2 rings (SSSR count). The van der Waals surface area contributed by atoms with Gasteiger partial charge in [0.25, 0.3) is 0 Å². The maximum Gasteiger partial charge on any atom is 0.236 e. The van der Waals surface area contributed by atoms with Crippen molar-refractivity contribution in [3.63, 3.8) is 0 Å². The van der Waals surface area contributed by atoms with Gasteiger partial charge in [0, 0.05) is 46.3 Å². The zero-order valence-corrected chi connectivity index (χ0v) is 13.1. The average molecular weight is 293 g/mol. The van der Waals surface area contributed by atoms with E-state index in [9.17, 15) is 9.18 Å². The minimum absolute atomic E-state index is 0.140. The molecule has 5 heteroatoms. The lowest BCUT2D eigenvalue weighted by atomic mass is 10.1. The first-order valence-corrected chi connectivity index (χ1v) is 7.39. The number of carbonyl (C=O) groups excluding carboxylic acids is 1. The third-order valence-electron chi connectivity index (χ3n) is 4.14. The SMILES string of the molecule is CC(c1cccc(F)c1)N1CCN(CC(=O)N(C)C)CC1. The molecule has 0 spiro atoms. The first kappa shape index (κ1) is 15.9. The number of likely N-dealkylation sites (N-methyl/N-ethyl adjacent to an activating group) is 1. The van der Waals surface area contributed by atoms with Crippen LogP contribution in [0.2, 0.25) is 0 Å². The average Bonchev–Trinajstić information content (AvgIpc) is 2.47. The summed E-state index contributed by atoms with van der Waals surface area (Å²) in [6.07, 6.45) is 0. The van der Waals surface area contributed by atoms with Crippen LogP contribution in [0.4, 0.5) is 4.39 Å². The smallest absolute Gasteiger partial charge is 0.236 e. The number of piperazine rings is 1. The third kappa shape index (κ3) is 4.25. The maximum atomic E-state index is 13.3. The molecule has 1 heterocycles. The summed E-state index contributed by atoms with van der Waals surface area (Å²) >= 11 is 0. The molecule has 1 atom stereocenters. The number of hydrogen-bond donors (Lipinski definition) is 0. The van der Waals surface area contributed by atoms with E-state index >= 15 is 0 Å². The molecule has 0 aliphatic carbocycles. The molecule has 21 heavy (non-hydrogen) atoms. The zero-order chi connectivity index (χ0) is 15.4. The van der Waals surface area contributed by atoms with Gasteiger partial charge >= 0.3 is 0 Å². The van der Waals surface area contributed by atoms with Gasteiger partial charge in [0.1, 0.15) is 5.82 Å². The van der Waals surface area contributed by atoms with Gasteiger partial charge in [0.2, 0.25) is 5.91 Å². The summed E-state index contributed by atoms with van der Waals surface area (Å²) in [5, 5.41) is 0. The topological polar surface area (TPSA) is 26.8 Å². The molecule has 0 bridgehead atoms. The molecule has 1 fully saturated rings. The van der Waals surface area contributed by atoms with Crippen LogP contribution in [0, 0.1) is 5.82 Å². The summed E-state index contributed by atoms with van der Waals surface area (Å²) in [7, 11) is 3.56. The van der Waals surface area contributed by atoms with Crippen molar-refractivity contribution in [2.45, 2.75) is 13.0 Å². The van der Waals surface area contributed by atoms with Crippen LogP contribution in [0.15, 0.2) is 24.3 Å². The third-order valence-corrected chi connectivity index (χ3v) is 4.14. The summed E-state index contributed by atoms with van der Waals surface area (Å²) in [5.74, 6) is -0.0452. The minimum atomic E-state index is -0.186. The summed E-state index contributed by atoms with van der Waals surface area (Å²) in [6, 6.07) is 7.00. The highest BCUT2D eigenvalue weighted by Crippen LogP contribution is 2.22. The molecular weight excluding hydrogens is 269 g/mol. The van der Waals surface area contributed by atoms with E-state index in [2.05, 4.69) is 16.7 Å². The summed E-state index contributed by atoms with van der Waals surface area (Å²) in [5.41, 5.74) is 1.01. The first-order valence-electron chi connectivity index (χ1n) is 7.39. The highest BCUT2D eigenvalue weighted by molar-refractivity contribution is 5.77. The molecule has 0 aromatic heterocycles. The van der Waals surface area contributed by atoms with E-state index in [0.717, 1.165) is 31.7 Å². The second kappa shape index (κ2) is 7.00. The molecule has 1 saturated heterocycles. The van der Waals surface area contributed by atoms with Crippen molar-refractivity contribution in [1.82, 2.24) is 14.7 Å². The monoisotopic (exact) mass is 293 g/mol. The van der Waals surface area contributed by atoms with E-state index in [4.69, 9.17) is 0 Å². The molecule has 1 unspecified atom stereocenters. The van der Waals surface area contributed by atoms with Gasteiger partial charge in [0.05, 0.1) is 6.54 Å². The Balaban J connectivity index is 1.87. The Labute approximate surface area is 126 Å². The van der Waals surface area contributed by atoms with Gasteiger partial charge in [-0.1, -0.05) is 12.1 Å². The molecule has 0 saturated carbocycles. The lowest BCUT2D eigenvalue weighted by Crippen LogP contribution is -2.49. The standard InChI is InChI=1S/C16H24FN3O/c1-13(14-5-4-6-15(17)11-14)20-9-7-19(8-10-20)12-16(21)18(2)3/h4-6,11,13H,7-10,12H2,1-3H3. The molecule has 4 nitrogen and oxygen atoms in total. The highest BCUT2D eigenvalue weighted by atomic mass is 19.1. The van der Waals surface area contributed by atoms with Gasteiger partial charge in [-0.05, 0) is 24.6 Å². The van der Waals surface area contributed by atoms with Crippen LogP contribution in [0.3, 0.4) is 0 Å². The Morgan fingerprint density at radius 2 is 1.95 bits per heavy atom. The summed E-state index contributed by atoms with van der Waals surface area (Å²) < 4.78 is 13.3. The Bertz CT molecular complexity index is 484. The van der Waals surface area contributed by atoms with Gasteiger partial charge in [-0.25, -0.2) is 4.39 Å². The Kier molecular flexibility index (Phi) is 5.31. The zero-order valence-electron chi connectivity index (χ0n) is 13.1. The molecule has 1 aliphatic rings. The molecule has 1 aliphatic heterocycles. The Hall–Kier alpha value is -1.46. The quantitative estimate of drug-likeness (QED) is 0.843. The van der Waals surface area contributed by atoms with Crippen LogP contribution >= 0.6 is 0 Å². The van der Waals surface area contributed by atoms with E-state index < -0.39 is 0 Å². The van der Waals surface area contributed by atoms with Crippen LogP contribution in [0.25, 0.3) is 0 Å². The number of halogens is 1. The molecule has 0 radical (unpaired) electrons. The fourth-order valence-corrected chi connectivity index (χ4v) is 2.62. The lowest BCUT2D eigenvalue weighted by Gasteiger charge is -2.38. The van der Waals surface area contributed by atoms with Gasteiger partial charge < -0.3 is 4.90 Å². The summed E-state index contributed by atoms with van der Waals surface area (Å²) in [6.45, 7) is 6.14. The van der Waals surface area contributed by atoms with Crippen LogP contribution in [0.1, 0.15) is 18.5 Å². The van der Waals surface area contributed by atoms with E-state index in [1.807, 2.05) is 6.07 Å². The number of carbonyl (C=O) groups is 1. The van der Waals surface area contributed by atoms with Gasteiger partial charge in [-0.2, -0.15) is 0 Å². The fraction of sp³-hybridized carbons (Fsp3) is 0.562. The molecular formula is C16H24FN3O. The number of benzene rings is 1. The Morgan fingerprint density at radius 1 is 1.29 bits per heavy atom. The van der Waals surface area contributed by atoms with E-state index in [0.29, 0.717) is 6.54 Å². The van der Waals surface area contributed by atoms with Crippen LogP contribution in [-0.2, 0) is 4.79 Å². The van der Waals surface area contributed by atoms with Crippen molar-refractivity contribution >= 4 is 5.91 Å². The van der Waals surface area contributed by atoms with Crippen molar-refractivity contribution in [3.8, 4) is 0 Å². The number of amides is 1. The number of nitrogens with zero attached hydrogens (tertiary/aromatic N) is 3. The lowest BCUT2D eigenvalue weighted by molar-refractivity contribution is -0.130. The normalized spacial score (nSPS) is 18.5. The van der Waals surface area contributed by atoms with Gasteiger partial charge in [-0.3, -0.25) is 14.6 Å². The second-order valence-electron chi connectivity index (χ2n) is 5.83. The van der Waals surface area contributed by atoms with Crippen molar-refractivity contribution < 1.29 is 9.18 Å². The molecule has 0 N–H and O–H groups in total. The molecule has 1 aromatic carbocycles. The largest absolute Gasteiger partial charge is 0.348 e. The van der Waals surface area contributed by atoms with Crippen LogP contribution in [0.5, 0.6) is 0 Å². The Morgan fingerprint density at radius 3 is 2.52 bits per heavy atom. The van der Waals surface area contributed by atoms with E-state index in [1.54, 1.807) is 31.1 Å². The molecule has 1 amide bonds. The van der Waals surface area contributed by atoms with Crippen LogP contribution < -0.4 is 0 Å². The van der Waals surface area contributed by atoms with Crippen molar-refractivity contribution in [3.05, 3.63) is 35.6 Å². The summed E-state index contributed by atoms with van der Waals surface area (Å²) in [4.78, 5) is 17.9. The molecule has 1 aromatic rings. The molecule has 116 valence electrons.